The van der Waals surface area contributed by atoms with Crippen LogP contribution in [-0.2, 0) is 23.0 Å². The molecule has 0 bridgehead atoms. The second kappa shape index (κ2) is 7.62. The first-order valence-electron chi connectivity index (χ1n) is 9.85. The van der Waals surface area contributed by atoms with Gasteiger partial charge in [-0.05, 0) is 50.9 Å². The molecule has 9 heteroatoms. The van der Waals surface area contributed by atoms with Gasteiger partial charge in [0.2, 0.25) is 10.0 Å². The zero-order valence-electron chi connectivity index (χ0n) is 16.9. The van der Waals surface area contributed by atoms with E-state index in [1.165, 1.54) is 16.4 Å². The molecule has 2 aliphatic heterocycles. The van der Waals surface area contributed by atoms with E-state index in [2.05, 4.69) is 15.2 Å². The Morgan fingerprint density at radius 3 is 2.76 bits per heavy atom. The number of hydrogen-bond acceptors (Lipinski definition) is 6. The number of aryl methyl sites for hydroxylation is 1. The maximum absolute atomic E-state index is 14.0. The average molecular weight is 420 g/mol. The van der Waals surface area contributed by atoms with Crippen molar-refractivity contribution < 1.29 is 12.8 Å². The number of rotatable bonds is 4. The van der Waals surface area contributed by atoms with E-state index in [1.54, 1.807) is 6.92 Å². The van der Waals surface area contributed by atoms with E-state index in [0.29, 0.717) is 37.3 Å². The maximum atomic E-state index is 14.0. The van der Waals surface area contributed by atoms with Crippen LogP contribution in [0.15, 0.2) is 23.1 Å². The van der Waals surface area contributed by atoms with Gasteiger partial charge in [-0.2, -0.15) is 4.31 Å². The van der Waals surface area contributed by atoms with Gasteiger partial charge < -0.3 is 10.2 Å². The number of aromatic nitrogens is 2. The fourth-order valence-corrected chi connectivity index (χ4v) is 5.76. The van der Waals surface area contributed by atoms with Crippen LogP contribution < -0.4 is 5.32 Å². The van der Waals surface area contributed by atoms with Crippen molar-refractivity contribution >= 4 is 15.8 Å². The summed E-state index contributed by atoms with van der Waals surface area (Å²) < 4.78 is 42.0. The lowest BCUT2D eigenvalue weighted by Gasteiger charge is -2.28. The van der Waals surface area contributed by atoms with Gasteiger partial charge >= 0.3 is 0 Å². The molecule has 0 aliphatic carbocycles. The quantitative estimate of drug-likeness (QED) is 0.820. The van der Waals surface area contributed by atoms with E-state index in [1.807, 2.05) is 14.1 Å². The monoisotopic (exact) mass is 419 g/mol. The SMILES string of the molecule is CNc1nc([C@@H]2CCCN2S(=O)(=O)c2ccc(C)c(F)c2)nc2c1CCN(C)C2. The molecule has 1 aromatic carbocycles. The first-order chi connectivity index (χ1) is 13.8. The zero-order chi connectivity index (χ0) is 20.8. The molecule has 0 unspecified atom stereocenters. The number of likely N-dealkylation sites (N-methyl/N-ethyl adjacent to an activating group) is 1. The van der Waals surface area contributed by atoms with Gasteiger partial charge in [0.1, 0.15) is 17.5 Å². The van der Waals surface area contributed by atoms with Crippen LogP contribution in [0, 0.1) is 12.7 Å². The van der Waals surface area contributed by atoms with Gasteiger partial charge in [0.15, 0.2) is 0 Å². The van der Waals surface area contributed by atoms with Crippen LogP contribution in [-0.4, -0.2) is 54.8 Å². The lowest BCUT2D eigenvalue weighted by molar-refractivity contribution is 0.304. The topological polar surface area (TPSA) is 78.4 Å². The highest BCUT2D eigenvalue weighted by Crippen LogP contribution is 2.37. The molecule has 2 aliphatic rings. The maximum Gasteiger partial charge on any atom is 0.243 e. The van der Waals surface area contributed by atoms with Gasteiger partial charge in [0.25, 0.3) is 0 Å². The molecule has 0 saturated carbocycles. The van der Waals surface area contributed by atoms with Gasteiger partial charge in [-0.1, -0.05) is 6.07 Å². The summed E-state index contributed by atoms with van der Waals surface area (Å²) in [5.41, 5.74) is 2.46. The minimum absolute atomic E-state index is 0.0287. The average Bonchev–Trinajstić information content (AvgIpc) is 3.19. The van der Waals surface area contributed by atoms with Gasteiger partial charge in [-0.3, -0.25) is 0 Å². The highest BCUT2D eigenvalue weighted by atomic mass is 32.2. The highest BCUT2D eigenvalue weighted by Gasteiger charge is 2.39. The van der Waals surface area contributed by atoms with Gasteiger partial charge in [-0.15, -0.1) is 0 Å². The first kappa shape index (κ1) is 20.2. The predicted octanol–water partition coefficient (Wildman–Crippen LogP) is 2.48. The molecule has 0 amide bonds. The van der Waals surface area contributed by atoms with Crippen LogP contribution in [0.3, 0.4) is 0 Å². The number of sulfonamides is 1. The Balaban J connectivity index is 1.73. The Hall–Kier alpha value is -2.10. The predicted molar refractivity (Wildman–Crippen MR) is 109 cm³/mol. The van der Waals surface area contributed by atoms with Crippen LogP contribution in [0.2, 0.25) is 0 Å². The molecule has 1 saturated heterocycles. The molecular formula is C20H26FN5O2S. The summed E-state index contributed by atoms with van der Waals surface area (Å²) in [6.07, 6.45) is 2.22. The Morgan fingerprint density at radius 2 is 2.03 bits per heavy atom. The molecule has 2 aromatic rings. The summed E-state index contributed by atoms with van der Waals surface area (Å²) in [6.45, 7) is 3.63. The fraction of sp³-hybridized carbons (Fsp3) is 0.500. The van der Waals surface area contributed by atoms with Crippen molar-refractivity contribution in [3.05, 3.63) is 46.7 Å². The number of benzene rings is 1. The van der Waals surface area contributed by atoms with Crippen LogP contribution in [0.5, 0.6) is 0 Å². The molecule has 1 aromatic heterocycles. The van der Waals surface area contributed by atoms with Crippen molar-refractivity contribution in [2.45, 2.75) is 43.7 Å². The molecule has 0 spiro atoms. The van der Waals surface area contributed by atoms with Crippen molar-refractivity contribution in [2.75, 3.05) is 32.5 Å². The summed E-state index contributed by atoms with van der Waals surface area (Å²) in [5.74, 6) is 0.758. The number of anilines is 1. The van der Waals surface area contributed by atoms with Crippen molar-refractivity contribution in [1.29, 1.82) is 0 Å². The molecular weight excluding hydrogens is 393 g/mol. The molecule has 1 fully saturated rings. The normalized spacial score (nSPS) is 20.6. The first-order valence-corrected chi connectivity index (χ1v) is 11.3. The van der Waals surface area contributed by atoms with Gasteiger partial charge in [0.05, 0.1) is 16.6 Å². The largest absolute Gasteiger partial charge is 0.373 e. The Morgan fingerprint density at radius 1 is 1.24 bits per heavy atom. The number of nitrogens with one attached hydrogen (secondary N) is 1. The van der Waals surface area contributed by atoms with Crippen LogP contribution in [0.4, 0.5) is 10.2 Å². The Bertz CT molecular complexity index is 1040. The third-order valence-corrected chi connectivity index (χ3v) is 7.67. The van der Waals surface area contributed by atoms with Crippen molar-refractivity contribution in [3.8, 4) is 0 Å². The van der Waals surface area contributed by atoms with E-state index >= 15 is 0 Å². The van der Waals surface area contributed by atoms with Gasteiger partial charge in [0, 0.05) is 32.2 Å². The summed E-state index contributed by atoms with van der Waals surface area (Å²) in [7, 11) is 0.0217. The van der Waals surface area contributed by atoms with Crippen molar-refractivity contribution in [2.24, 2.45) is 0 Å². The van der Waals surface area contributed by atoms with E-state index in [4.69, 9.17) is 4.98 Å². The van der Waals surface area contributed by atoms with Crippen molar-refractivity contribution in [3.63, 3.8) is 0 Å². The number of fused-ring (bicyclic) bond motifs is 1. The second-order valence-electron chi connectivity index (χ2n) is 7.78. The van der Waals surface area contributed by atoms with Gasteiger partial charge in [-0.25, -0.2) is 22.8 Å². The van der Waals surface area contributed by atoms with E-state index in [0.717, 1.165) is 36.1 Å². The minimum atomic E-state index is -3.84. The minimum Gasteiger partial charge on any atom is -0.373 e. The summed E-state index contributed by atoms with van der Waals surface area (Å²) >= 11 is 0. The summed E-state index contributed by atoms with van der Waals surface area (Å²) in [5, 5.41) is 3.15. The van der Waals surface area contributed by atoms with Crippen LogP contribution in [0.25, 0.3) is 0 Å². The molecule has 4 rings (SSSR count). The smallest absolute Gasteiger partial charge is 0.243 e. The zero-order valence-corrected chi connectivity index (χ0v) is 17.8. The highest BCUT2D eigenvalue weighted by molar-refractivity contribution is 7.89. The Kier molecular flexibility index (Phi) is 5.30. The standard InChI is InChI=1S/C20H26FN5O2S/c1-13-6-7-14(11-16(13)21)29(27,28)26-9-4-5-18(26)20-23-17-12-25(3)10-8-15(17)19(22-2)24-20/h6-7,11,18H,4-5,8-10,12H2,1-3H3,(H,22,23,24)/t18-/m0/s1. The molecule has 0 radical (unpaired) electrons. The molecule has 156 valence electrons. The van der Waals surface area contributed by atoms with Crippen LogP contribution in [0.1, 0.15) is 41.5 Å². The third kappa shape index (κ3) is 3.62. The lowest BCUT2D eigenvalue weighted by atomic mass is 10.1. The molecule has 1 atom stereocenters. The van der Waals surface area contributed by atoms with Crippen molar-refractivity contribution in [1.82, 2.24) is 19.2 Å². The Labute approximate surface area is 171 Å². The molecule has 7 nitrogen and oxygen atoms in total. The van der Waals surface area contributed by atoms with E-state index in [9.17, 15) is 12.8 Å². The second-order valence-corrected chi connectivity index (χ2v) is 9.67. The number of halogens is 1. The molecule has 1 N–H and O–H groups in total. The lowest BCUT2D eigenvalue weighted by Crippen LogP contribution is -2.33. The third-order valence-electron chi connectivity index (χ3n) is 5.76. The molecule has 3 heterocycles. The van der Waals surface area contributed by atoms with E-state index in [-0.39, 0.29) is 4.90 Å². The molecule has 29 heavy (non-hydrogen) atoms. The fourth-order valence-electron chi connectivity index (χ4n) is 4.09. The summed E-state index contributed by atoms with van der Waals surface area (Å²) in [4.78, 5) is 11.6. The van der Waals surface area contributed by atoms with Crippen LogP contribution >= 0.6 is 0 Å². The number of hydrogen-bond donors (Lipinski definition) is 1. The number of nitrogens with zero attached hydrogens (tertiary/aromatic N) is 4. The summed E-state index contributed by atoms with van der Waals surface area (Å²) in [6, 6.07) is 3.61. The van der Waals surface area contributed by atoms with E-state index < -0.39 is 21.9 Å².